The van der Waals surface area contributed by atoms with E-state index in [2.05, 4.69) is 10.3 Å². The first-order valence-electron chi connectivity index (χ1n) is 5.57. The molecule has 1 aromatic heterocycles. The van der Waals surface area contributed by atoms with Crippen LogP contribution in [0.4, 0.5) is 4.39 Å². The SMILES string of the molecule is CC1OCCC1(C)NC(=O)c1ccnc(F)c1. The van der Waals surface area contributed by atoms with Crippen LogP contribution in [-0.2, 0) is 4.74 Å². The molecule has 1 N–H and O–H groups in total. The van der Waals surface area contributed by atoms with Crippen molar-refractivity contribution in [2.45, 2.75) is 31.9 Å². The van der Waals surface area contributed by atoms with Crippen molar-refractivity contribution >= 4 is 5.91 Å². The standard InChI is InChI=1S/C12H15FN2O2/c1-8-12(2,4-6-17-8)15-11(16)9-3-5-14-10(13)7-9/h3,5,7-8H,4,6H2,1-2H3,(H,15,16). The highest BCUT2D eigenvalue weighted by molar-refractivity contribution is 5.94. The number of pyridine rings is 1. The minimum Gasteiger partial charge on any atom is -0.376 e. The highest BCUT2D eigenvalue weighted by Crippen LogP contribution is 2.25. The van der Waals surface area contributed by atoms with E-state index in [-0.39, 0.29) is 17.6 Å². The molecule has 2 atom stereocenters. The van der Waals surface area contributed by atoms with Gasteiger partial charge in [-0.3, -0.25) is 4.79 Å². The number of amides is 1. The molecule has 1 aliphatic heterocycles. The van der Waals surface area contributed by atoms with Crippen molar-refractivity contribution in [3.05, 3.63) is 29.8 Å². The molecule has 0 aliphatic carbocycles. The summed E-state index contributed by atoms with van der Waals surface area (Å²) in [5.41, 5.74) is -0.116. The van der Waals surface area contributed by atoms with Crippen LogP contribution >= 0.6 is 0 Å². The molecule has 5 heteroatoms. The van der Waals surface area contributed by atoms with Crippen LogP contribution in [0, 0.1) is 5.95 Å². The highest BCUT2D eigenvalue weighted by atomic mass is 19.1. The number of rotatable bonds is 2. The van der Waals surface area contributed by atoms with Crippen molar-refractivity contribution in [2.24, 2.45) is 0 Å². The average molecular weight is 238 g/mol. The smallest absolute Gasteiger partial charge is 0.252 e. The number of hydrogen-bond donors (Lipinski definition) is 1. The minimum atomic E-state index is -0.654. The maximum Gasteiger partial charge on any atom is 0.252 e. The average Bonchev–Trinajstić information content (AvgIpc) is 2.59. The third kappa shape index (κ3) is 2.44. The van der Waals surface area contributed by atoms with Crippen molar-refractivity contribution in [1.82, 2.24) is 10.3 Å². The van der Waals surface area contributed by atoms with E-state index in [0.717, 1.165) is 12.5 Å². The van der Waals surface area contributed by atoms with Gasteiger partial charge in [0.1, 0.15) is 0 Å². The van der Waals surface area contributed by atoms with Gasteiger partial charge in [-0.25, -0.2) is 4.98 Å². The maximum absolute atomic E-state index is 12.9. The number of nitrogens with one attached hydrogen (secondary N) is 1. The van der Waals surface area contributed by atoms with Gasteiger partial charge in [0.25, 0.3) is 5.91 Å². The third-order valence-electron chi connectivity index (χ3n) is 3.27. The van der Waals surface area contributed by atoms with Crippen molar-refractivity contribution in [1.29, 1.82) is 0 Å². The Balaban J connectivity index is 2.12. The molecule has 4 nitrogen and oxygen atoms in total. The van der Waals surface area contributed by atoms with Gasteiger partial charge in [0.05, 0.1) is 11.6 Å². The van der Waals surface area contributed by atoms with Gasteiger partial charge in [-0.2, -0.15) is 4.39 Å². The predicted octanol–water partition coefficient (Wildman–Crippen LogP) is 1.52. The fourth-order valence-electron chi connectivity index (χ4n) is 1.87. The number of carbonyl (C=O) groups excluding carboxylic acids is 1. The topological polar surface area (TPSA) is 51.2 Å². The van der Waals surface area contributed by atoms with Gasteiger partial charge < -0.3 is 10.1 Å². The van der Waals surface area contributed by atoms with Crippen LogP contribution in [0.5, 0.6) is 0 Å². The van der Waals surface area contributed by atoms with Crippen LogP contribution in [0.1, 0.15) is 30.6 Å². The van der Waals surface area contributed by atoms with Crippen LogP contribution in [0.15, 0.2) is 18.3 Å². The van der Waals surface area contributed by atoms with Gasteiger partial charge in [-0.05, 0) is 26.3 Å². The van der Waals surface area contributed by atoms with Crippen molar-refractivity contribution in [2.75, 3.05) is 6.61 Å². The second kappa shape index (κ2) is 4.41. The van der Waals surface area contributed by atoms with Crippen LogP contribution in [-0.4, -0.2) is 29.1 Å². The van der Waals surface area contributed by atoms with E-state index in [1.807, 2.05) is 13.8 Å². The fraction of sp³-hybridized carbons (Fsp3) is 0.500. The summed E-state index contributed by atoms with van der Waals surface area (Å²) in [5.74, 6) is -0.954. The Hall–Kier alpha value is -1.49. The Bertz CT molecular complexity index is 438. The lowest BCUT2D eigenvalue weighted by Crippen LogP contribution is -2.50. The second-order valence-electron chi connectivity index (χ2n) is 4.50. The summed E-state index contributed by atoms with van der Waals surface area (Å²) in [4.78, 5) is 15.4. The molecule has 1 aliphatic rings. The first kappa shape index (κ1) is 12.0. The van der Waals surface area contributed by atoms with Gasteiger partial charge in [-0.1, -0.05) is 0 Å². The van der Waals surface area contributed by atoms with E-state index in [1.54, 1.807) is 0 Å². The van der Waals surface area contributed by atoms with E-state index in [0.29, 0.717) is 6.61 Å². The molecule has 0 saturated carbocycles. The van der Waals surface area contributed by atoms with Gasteiger partial charge in [0, 0.05) is 24.4 Å². The summed E-state index contributed by atoms with van der Waals surface area (Å²) in [7, 11) is 0. The monoisotopic (exact) mass is 238 g/mol. The first-order chi connectivity index (χ1) is 8.01. The summed E-state index contributed by atoms with van der Waals surface area (Å²) in [6, 6.07) is 2.61. The maximum atomic E-state index is 12.9. The summed E-state index contributed by atoms with van der Waals surface area (Å²) in [6.45, 7) is 4.48. The van der Waals surface area contributed by atoms with E-state index in [4.69, 9.17) is 4.74 Å². The lowest BCUT2D eigenvalue weighted by molar-refractivity contribution is 0.0727. The molecule has 1 amide bonds. The number of halogens is 1. The highest BCUT2D eigenvalue weighted by Gasteiger charge is 2.38. The van der Waals surface area contributed by atoms with E-state index in [9.17, 15) is 9.18 Å². The van der Waals surface area contributed by atoms with Crippen molar-refractivity contribution in [3.63, 3.8) is 0 Å². The first-order valence-corrected chi connectivity index (χ1v) is 5.57. The van der Waals surface area contributed by atoms with Crippen LogP contribution < -0.4 is 5.32 Å². The number of ether oxygens (including phenoxy) is 1. The van der Waals surface area contributed by atoms with Crippen LogP contribution in [0.25, 0.3) is 0 Å². The number of nitrogens with zero attached hydrogens (tertiary/aromatic N) is 1. The van der Waals surface area contributed by atoms with Gasteiger partial charge in [-0.15, -0.1) is 0 Å². The molecular formula is C12H15FN2O2. The Morgan fingerprint density at radius 3 is 3.06 bits per heavy atom. The quantitative estimate of drug-likeness (QED) is 0.795. The Morgan fingerprint density at radius 1 is 1.71 bits per heavy atom. The lowest BCUT2D eigenvalue weighted by atomic mass is 9.94. The van der Waals surface area contributed by atoms with Gasteiger partial charge >= 0.3 is 0 Å². The molecule has 0 spiro atoms. The molecule has 2 unspecified atom stereocenters. The zero-order chi connectivity index (χ0) is 12.5. The summed E-state index contributed by atoms with van der Waals surface area (Å²) >= 11 is 0. The molecule has 2 heterocycles. The predicted molar refractivity (Wildman–Crippen MR) is 60.1 cm³/mol. The number of carbonyl (C=O) groups is 1. The van der Waals surface area contributed by atoms with Crippen molar-refractivity contribution in [3.8, 4) is 0 Å². The molecule has 2 rings (SSSR count). The zero-order valence-electron chi connectivity index (χ0n) is 9.87. The molecule has 92 valence electrons. The van der Waals surface area contributed by atoms with E-state index >= 15 is 0 Å². The fourth-order valence-corrected chi connectivity index (χ4v) is 1.87. The lowest BCUT2D eigenvalue weighted by Gasteiger charge is -2.28. The van der Waals surface area contributed by atoms with E-state index < -0.39 is 11.5 Å². The third-order valence-corrected chi connectivity index (χ3v) is 3.27. The summed E-state index contributed by atoms with van der Waals surface area (Å²) in [6.07, 6.45) is 1.99. The molecule has 0 radical (unpaired) electrons. The normalized spacial score (nSPS) is 28.1. The molecular weight excluding hydrogens is 223 g/mol. The molecule has 0 aromatic carbocycles. The van der Waals surface area contributed by atoms with Crippen LogP contribution in [0.2, 0.25) is 0 Å². The Labute approximate surface area is 99.2 Å². The summed E-state index contributed by atoms with van der Waals surface area (Å²) < 4.78 is 18.3. The van der Waals surface area contributed by atoms with Gasteiger partial charge in [0.2, 0.25) is 5.95 Å². The molecule has 1 saturated heterocycles. The molecule has 1 fully saturated rings. The summed E-state index contributed by atoms with van der Waals surface area (Å²) in [5, 5.41) is 2.89. The van der Waals surface area contributed by atoms with Crippen molar-refractivity contribution < 1.29 is 13.9 Å². The zero-order valence-corrected chi connectivity index (χ0v) is 9.87. The van der Waals surface area contributed by atoms with Gasteiger partial charge in [0.15, 0.2) is 0 Å². The molecule has 0 bridgehead atoms. The second-order valence-corrected chi connectivity index (χ2v) is 4.50. The Morgan fingerprint density at radius 2 is 2.47 bits per heavy atom. The van der Waals surface area contributed by atoms with Crippen LogP contribution in [0.3, 0.4) is 0 Å². The largest absolute Gasteiger partial charge is 0.376 e. The molecule has 1 aromatic rings. The van der Waals surface area contributed by atoms with E-state index in [1.165, 1.54) is 12.3 Å². The number of hydrogen-bond acceptors (Lipinski definition) is 3. The molecule has 17 heavy (non-hydrogen) atoms. The minimum absolute atomic E-state index is 0.0434. The Kier molecular flexibility index (Phi) is 3.11. The number of aromatic nitrogens is 1.